The number of nitrogens with zero attached hydrogens (tertiary/aromatic N) is 1. The van der Waals surface area contributed by atoms with Crippen molar-refractivity contribution in [2.24, 2.45) is 0 Å². The predicted molar refractivity (Wildman–Crippen MR) is 113 cm³/mol. The summed E-state index contributed by atoms with van der Waals surface area (Å²) in [5.74, 6) is -3.57. The number of halogens is 3. The molecule has 1 aromatic heterocycles. The molecule has 1 heterocycles. The first-order chi connectivity index (χ1) is 14.1. The van der Waals surface area contributed by atoms with Crippen LogP contribution in [0.5, 0.6) is 0 Å². The zero-order valence-electron chi connectivity index (χ0n) is 17.0. The Morgan fingerprint density at radius 2 is 2.03 bits per heavy atom. The Morgan fingerprint density at radius 1 is 1.30 bits per heavy atom. The quantitative estimate of drug-likeness (QED) is 0.643. The van der Waals surface area contributed by atoms with Gasteiger partial charge in [-0.25, -0.2) is 8.78 Å². The van der Waals surface area contributed by atoms with E-state index in [2.05, 4.69) is 10.6 Å². The fraction of sp³-hybridized carbons (Fsp3) is 0.524. The molecule has 0 spiro atoms. The van der Waals surface area contributed by atoms with E-state index in [0.717, 1.165) is 0 Å². The standard InChI is InChI=1S/C21H26ClF2N3O3/c1-13(10-25-2)27-9-6-14-15(19(27)29)4-5-16(22)17(14)18(28)26-12-20(30)7-3-8-21(23,24)11-20/h4-6,9,13,25,30H,3,7-8,10-12H2,1-2H3,(H,26,28)/t13-,20?/m1/s1. The maximum Gasteiger partial charge on any atom is 0.258 e. The molecule has 1 aromatic carbocycles. The lowest BCUT2D eigenvalue weighted by atomic mass is 9.82. The number of hydrogen-bond acceptors (Lipinski definition) is 4. The number of likely N-dealkylation sites (N-methyl/N-ethyl adjacent to an activating group) is 1. The van der Waals surface area contributed by atoms with Crippen molar-refractivity contribution in [1.29, 1.82) is 0 Å². The number of aromatic nitrogens is 1. The first-order valence-electron chi connectivity index (χ1n) is 9.93. The van der Waals surface area contributed by atoms with Crippen LogP contribution >= 0.6 is 11.6 Å². The summed E-state index contributed by atoms with van der Waals surface area (Å²) in [7, 11) is 1.79. The third kappa shape index (κ3) is 4.66. The lowest BCUT2D eigenvalue weighted by Gasteiger charge is -2.36. The van der Waals surface area contributed by atoms with Gasteiger partial charge < -0.3 is 20.3 Å². The highest BCUT2D eigenvalue weighted by Crippen LogP contribution is 2.39. The SMILES string of the molecule is CNC[C@@H](C)n1ccc2c(C(=O)NCC3(O)CCCC(F)(F)C3)c(Cl)ccc2c1=O. The molecule has 164 valence electrons. The summed E-state index contributed by atoms with van der Waals surface area (Å²) < 4.78 is 28.9. The maximum absolute atomic E-state index is 13.7. The van der Waals surface area contributed by atoms with Crippen LogP contribution in [0.2, 0.25) is 5.02 Å². The van der Waals surface area contributed by atoms with Gasteiger partial charge in [-0.15, -0.1) is 0 Å². The van der Waals surface area contributed by atoms with Gasteiger partial charge in [0, 0.05) is 48.9 Å². The Labute approximate surface area is 178 Å². The van der Waals surface area contributed by atoms with E-state index in [4.69, 9.17) is 11.6 Å². The van der Waals surface area contributed by atoms with Gasteiger partial charge in [0.1, 0.15) is 0 Å². The van der Waals surface area contributed by atoms with Crippen LogP contribution in [0.3, 0.4) is 0 Å². The predicted octanol–water partition coefficient (Wildman–Crippen LogP) is 3.11. The third-order valence-electron chi connectivity index (χ3n) is 5.61. The number of hydrogen-bond donors (Lipinski definition) is 3. The Morgan fingerprint density at radius 3 is 2.70 bits per heavy atom. The number of rotatable bonds is 6. The van der Waals surface area contributed by atoms with Gasteiger partial charge in [0.05, 0.1) is 16.2 Å². The molecule has 0 radical (unpaired) electrons. The topological polar surface area (TPSA) is 83.4 Å². The minimum absolute atomic E-state index is 0.0888. The fourth-order valence-corrected chi connectivity index (χ4v) is 4.35. The molecule has 3 N–H and O–H groups in total. The summed E-state index contributed by atoms with van der Waals surface area (Å²) >= 11 is 6.24. The number of nitrogens with one attached hydrogen (secondary N) is 2. The van der Waals surface area contributed by atoms with Crippen molar-refractivity contribution in [3.8, 4) is 0 Å². The number of carbonyl (C=O) groups is 1. The van der Waals surface area contributed by atoms with E-state index in [9.17, 15) is 23.5 Å². The molecular weight excluding hydrogens is 416 g/mol. The van der Waals surface area contributed by atoms with Crippen molar-refractivity contribution in [1.82, 2.24) is 15.2 Å². The number of amides is 1. The average Bonchev–Trinajstić information content (AvgIpc) is 2.65. The second kappa shape index (κ2) is 8.61. The van der Waals surface area contributed by atoms with E-state index >= 15 is 0 Å². The first-order valence-corrected chi connectivity index (χ1v) is 10.3. The molecule has 30 heavy (non-hydrogen) atoms. The highest BCUT2D eigenvalue weighted by atomic mass is 35.5. The number of benzene rings is 1. The largest absolute Gasteiger partial charge is 0.388 e. The number of carbonyl (C=O) groups excluding carboxylic acids is 1. The number of pyridine rings is 1. The fourth-order valence-electron chi connectivity index (χ4n) is 4.10. The van der Waals surface area contributed by atoms with Crippen molar-refractivity contribution in [3.63, 3.8) is 0 Å². The molecule has 0 bridgehead atoms. The van der Waals surface area contributed by atoms with Crippen LogP contribution in [0.4, 0.5) is 8.78 Å². The molecule has 1 fully saturated rings. The van der Waals surface area contributed by atoms with Crippen LogP contribution in [-0.2, 0) is 0 Å². The molecule has 2 aromatic rings. The Hall–Kier alpha value is -2.03. The van der Waals surface area contributed by atoms with Gasteiger partial charge in [-0.05, 0) is 45.0 Å². The molecule has 1 amide bonds. The smallest absolute Gasteiger partial charge is 0.258 e. The second-order valence-electron chi connectivity index (χ2n) is 8.11. The molecule has 3 rings (SSSR count). The molecule has 1 aliphatic carbocycles. The van der Waals surface area contributed by atoms with Crippen molar-refractivity contribution >= 4 is 28.3 Å². The van der Waals surface area contributed by atoms with Crippen LogP contribution in [0, 0.1) is 0 Å². The second-order valence-corrected chi connectivity index (χ2v) is 8.52. The molecule has 6 nitrogen and oxygen atoms in total. The number of fused-ring (bicyclic) bond motifs is 1. The number of aliphatic hydroxyl groups is 1. The molecular formula is C21H26ClF2N3O3. The van der Waals surface area contributed by atoms with E-state index in [1.807, 2.05) is 6.92 Å². The van der Waals surface area contributed by atoms with Crippen molar-refractivity contribution in [3.05, 3.63) is 45.3 Å². The minimum atomic E-state index is -2.95. The zero-order valence-corrected chi connectivity index (χ0v) is 17.7. The van der Waals surface area contributed by atoms with Gasteiger partial charge in [0.25, 0.3) is 17.4 Å². The molecule has 0 saturated heterocycles. The van der Waals surface area contributed by atoms with Crippen LogP contribution in [-0.4, -0.2) is 47.2 Å². The van der Waals surface area contributed by atoms with Gasteiger partial charge in [-0.2, -0.15) is 0 Å². The Bertz CT molecular complexity index is 1010. The summed E-state index contributed by atoms with van der Waals surface area (Å²) in [6.07, 6.45) is 1.00. The Balaban J connectivity index is 1.89. The highest BCUT2D eigenvalue weighted by molar-refractivity contribution is 6.35. The van der Waals surface area contributed by atoms with Gasteiger partial charge in [-0.3, -0.25) is 9.59 Å². The molecule has 1 saturated carbocycles. The number of alkyl halides is 2. The van der Waals surface area contributed by atoms with Crippen molar-refractivity contribution < 1.29 is 18.7 Å². The summed E-state index contributed by atoms with van der Waals surface area (Å²) in [6.45, 7) is 2.17. The van der Waals surface area contributed by atoms with E-state index in [1.165, 1.54) is 6.07 Å². The summed E-state index contributed by atoms with van der Waals surface area (Å²) in [5, 5.41) is 16.9. The van der Waals surface area contributed by atoms with Gasteiger partial charge >= 0.3 is 0 Å². The lowest BCUT2D eigenvalue weighted by Crippen LogP contribution is -2.49. The van der Waals surface area contributed by atoms with Crippen LogP contribution < -0.4 is 16.2 Å². The van der Waals surface area contributed by atoms with E-state index in [1.54, 1.807) is 29.9 Å². The molecule has 0 aliphatic heterocycles. The van der Waals surface area contributed by atoms with Gasteiger partial charge in [-0.1, -0.05) is 11.6 Å². The summed E-state index contributed by atoms with van der Waals surface area (Å²) in [6, 6.07) is 4.58. The summed E-state index contributed by atoms with van der Waals surface area (Å²) in [5.41, 5.74) is -1.85. The first kappa shape index (κ1) is 22.7. The minimum Gasteiger partial charge on any atom is -0.388 e. The van der Waals surface area contributed by atoms with Crippen LogP contribution in [0.15, 0.2) is 29.2 Å². The Kier molecular flexibility index (Phi) is 6.50. The van der Waals surface area contributed by atoms with Crippen LogP contribution in [0.1, 0.15) is 49.0 Å². The summed E-state index contributed by atoms with van der Waals surface area (Å²) in [4.78, 5) is 25.7. The average molecular weight is 442 g/mol. The third-order valence-corrected chi connectivity index (χ3v) is 5.93. The molecule has 9 heteroatoms. The highest BCUT2D eigenvalue weighted by Gasteiger charge is 2.44. The van der Waals surface area contributed by atoms with E-state index in [-0.39, 0.29) is 48.0 Å². The monoisotopic (exact) mass is 441 g/mol. The van der Waals surface area contributed by atoms with Gasteiger partial charge in [0.2, 0.25) is 0 Å². The maximum atomic E-state index is 13.7. The van der Waals surface area contributed by atoms with E-state index < -0.39 is 23.9 Å². The lowest BCUT2D eigenvalue weighted by molar-refractivity contribution is -0.121. The van der Waals surface area contributed by atoms with Crippen molar-refractivity contribution in [2.75, 3.05) is 20.1 Å². The zero-order chi connectivity index (χ0) is 22.1. The normalized spacial score (nSPS) is 22.1. The molecule has 2 atom stereocenters. The molecule has 1 unspecified atom stereocenters. The van der Waals surface area contributed by atoms with Crippen molar-refractivity contribution in [2.45, 2.75) is 50.2 Å². The van der Waals surface area contributed by atoms with Gasteiger partial charge in [0.15, 0.2) is 0 Å². The van der Waals surface area contributed by atoms with E-state index in [0.29, 0.717) is 17.3 Å². The molecule has 1 aliphatic rings. The van der Waals surface area contributed by atoms with Crippen LogP contribution in [0.25, 0.3) is 10.8 Å².